The van der Waals surface area contributed by atoms with E-state index in [0.717, 1.165) is 0 Å². The van der Waals surface area contributed by atoms with Crippen molar-refractivity contribution >= 4 is 64.3 Å². The third-order valence-corrected chi connectivity index (χ3v) is 1.03. The van der Waals surface area contributed by atoms with Crippen LogP contribution in [0.4, 0.5) is 0 Å². The third-order valence-electron chi connectivity index (χ3n) is 0.128. The van der Waals surface area contributed by atoms with Gasteiger partial charge in [-0.15, -0.1) is 0 Å². The minimum absolute atomic E-state index is 0. The van der Waals surface area contributed by atoms with Crippen molar-refractivity contribution in [1.82, 2.24) is 0 Å². The number of thiocarbonyl (C=S) groups is 2. The van der Waals surface area contributed by atoms with Crippen LogP contribution in [0, 0.1) is 0 Å². The smallest absolute Gasteiger partial charge is 0 e. The summed E-state index contributed by atoms with van der Waals surface area (Å²) in [5, 5.41) is 4.23. The van der Waals surface area contributed by atoms with Crippen molar-refractivity contribution in [3.63, 3.8) is 0 Å². The van der Waals surface area contributed by atoms with Crippen LogP contribution in [0.25, 0.3) is 0 Å². The summed E-state index contributed by atoms with van der Waals surface area (Å²) in [6.07, 6.45) is 0. The fraction of sp³-hybridized carbons (Fsp3) is 0. The van der Waals surface area contributed by atoms with Gasteiger partial charge in [-0.1, -0.05) is 0 Å². The van der Waals surface area contributed by atoms with Gasteiger partial charge in [-0.05, 0) is 0 Å². The molecule has 0 amide bonds. The normalized spacial score (nSPS) is 5.50. The maximum atomic E-state index is 4.22. The minimum Gasteiger partial charge on any atom is 0 e. The maximum absolute atomic E-state index is 4.22. The van der Waals surface area contributed by atoms with E-state index in [1.165, 1.54) is 0 Å². The molecule has 0 aliphatic heterocycles. The molecule has 1 radical (unpaired) electrons. The van der Waals surface area contributed by atoms with Crippen molar-refractivity contribution < 1.29 is 15.1 Å². The molecule has 0 unspecified atom stereocenters. The Kier molecular flexibility index (Phi) is 16.3. The van der Waals surface area contributed by atoms with E-state index >= 15 is 0 Å². The molecule has 0 saturated carbocycles. The van der Waals surface area contributed by atoms with E-state index in [1.54, 1.807) is 0 Å². The molecule has 8 heavy (non-hydrogen) atoms. The van der Waals surface area contributed by atoms with Gasteiger partial charge in [0.1, 0.15) is 0 Å². The number of isothiocyanates is 2. The van der Waals surface area contributed by atoms with Gasteiger partial charge in [-0.3, -0.25) is 0 Å². The molecule has 6 heteroatoms. The zero-order valence-electron chi connectivity index (χ0n) is 4.04. The standard InChI is InChI=1S/2CNS.Co.Na/c2*2-1-3;;/q2*-1;+2;. The van der Waals surface area contributed by atoms with Crippen LogP contribution in [0.15, 0.2) is 8.08 Å². The topological polar surface area (TPSA) is 24.7 Å². The van der Waals surface area contributed by atoms with Crippen LogP contribution < -0.4 is 0 Å². The Morgan fingerprint density at radius 1 is 1.12 bits per heavy atom. The SMILES string of the molecule is S=C=[N][Co][N]=C=S.[Na]. The van der Waals surface area contributed by atoms with Gasteiger partial charge < -0.3 is 0 Å². The van der Waals surface area contributed by atoms with Crippen LogP contribution in [0.5, 0.6) is 0 Å². The molecule has 0 N–H and O–H groups in total. The first-order valence-electron chi connectivity index (χ1n) is 1.15. The van der Waals surface area contributed by atoms with Crippen LogP contribution in [0.2, 0.25) is 0 Å². The number of rotatable bonds is 2. The molecule has 40 valence electrons. The zero-order chi connectivity index (χ0) is 5.54. The third kappa shape index (κ3) is 10.2. The first-order chi connectivity index (χ1) is 3.41. The first-order valence-corrected chi connectivity index (χ1v) is 2.90. The monoisotopic (exact) mass is 198 g/mol. The molecule has 0 fully saturated rings. The zero-order valence-corrected chi connectivity index (χ0v) is 8.72. The molecule has 0 spiro atoms. The van der Waals surface area contributed by atoms with Gasteiger partial charge in [0.25, 0.3) is 0 Å². The summed E-state index contributed by atoms with van der Waals surface area (Å²) in [4.78, 5) is 0. The molecule has 0 aromatic carbocycles. The first kappa shape index (κ1) is 11.8. The van der Waals surface area contributed by atoms with Gasteiger partial charge in [0.15, 0.2) is 0 Å². The Balaban J connectivity index is 0. The van der Waals surface area contributed by atoms with Crippen molar-refractivity contribution in [3.8, 4) is 0 Å². The van der Waals surface area contributed by atoms with E-state index in [2.05, 4.69) is 42.8 Å². The molecular weight excluding hydrogens is 198 g/mol. The van der Waals surface area contributed by atoms with Crippen LogP contribution in [-0.2, 0) is 15.1 Å². The second-order valence-electron chi connectivity index (χ2n) is 0.398. The van der Waals surface area contributed by atoms with Gasteiger partial charge in [0.05, 0.1) is 0 Å². The summed E-state index contributed by atoms with van der Waals surface area (Å²) in [7, 11) is 0. The summed E-state index contributed by atoms with van der Waals surface area (Å²) in [5.74, 6) is 0. The van der Waals surface area contributed by atoms with Crippen molar-refractivity contribution in [3.05, 3.63) is 0 Å². The van der Waals surface area contributed by atoms with Gasteiger partial charge in [0, 0.05) is 29.6 Å². The van der Waals surface area contributed by atoms with Crippen LogP contribution in [0.1, 0.15) is 0 Å². The van der Waals surface area contributed by atoms with Crippen LogP contribution in [-0.4, -0.2) is 39.9 Å². The Morgan fingerprint density at radius 3 is 1.75 bits per heavy atom. The van der Waals surface area contributed by atoms with E-state index in [1.807, 2.05) is 0 Å². The van der Waals surface area contributed by atoms with Gasteiger partial charge in [-0.25, -0.2) is 0 Å². The average molecular weight is 198 g/mol. The maximum Gasteiger partial charge on any atom is 0 e. The molecule has 0 aromatic rings. The second kappa shape index (κ2) is 11.0. The summed E-state index contributed by atoms with van der Waals surface area (Å²) in [5.41, 5.74) is 0. The largest absolute Gasteiger partial charge is 0 e. The Labute approximate surface area is 86.5 Å². The molecule has 0 aliphatic rings. The van der Waals surface area contributed by atoms with E-state index in [4.69, 9.17) is 0 Å². The van der Waals surface area contributed by atoms with Crippen molar-refractivity contribution in [2.75, 3.05) is 0 Å². The molecule has 0 rings (SSSR count). The predicted molar refractivity (Wildman–Crippen MR) is 35.8 cm³/mol. The quantitative estimate of drug-likeness (QED) is 0.371. The van der Waals surface area contributed by atoms with E-state index in [0.29, 0.717) is 15.1 Å². The molecule has 0 saturated heterocycles. The molecule has 0 heterocycles. The Bertz CT molecular complexity index is 121. The minimum atomic E-state index is 0. The van der Waals surface area contributed by atoms with Crippen molar-refractivity contribution in [2.45, 2.75) is 0 Å². The molecule has 0 aromatic heterocycles. The number of hydrogen-bond donors (Lipinski definition) is 0. The second-order valence-corrected chi connectivity index (χ2v) is 1.44. The van der Waals surface area contributed by atoms with E-state index in [-0.39, 0.29) is 29.6 Å². The van der Waals surface area contributed by atoms with Gasteiger partial charge >= 0.3 is 58.0 Å². The molecule has 0 bridgehead atoms. The number of nitrogens with zero attached hydrogens (tertiary/aromatic N) is 2. The molecule has 0 aliphatic carbocycles. The number of hydrogen-bond acceptors (Lipinski definition) is 4. The molecule has 0 atom stereocenters. The summed E-state index contributed by atoms with van der Waals surface area (Å²) >= 11 is 8.93. The fourth-order valence-corrected chi connectivity index (χ4v) is 0.405. The van der Waals surface area contributed by atoms with Crippen LogP contribution in [0.3, 0.4) is 0 Å². The summed E-state index contributed by atoms with van der Waals surface area (Å²) in [6.45, 7) is 0. The predicted octanol–water partition coefficient (Wildman–Crippen LogP) is 0.724. The van der Waals surface area contributed by atoms with Crippen molar-refractivity contribution in [2.24, 2.45) is 8.08 Å². The Morgan fingerprint density at radius 2 is 1.50 bits per heavy atom. The van der Waals surface area contributed by atoms with E-state index in [9.17, 15) is 0 Å². The molecular formula is C2CoN2NaS2. The summed E-state index contributed by atoms with van der Waals surface area (Å²) < 4.78 is 6.80. The van der Waals surface area contributed by atoms with Gasteiger partial charge in [0.2, 0.25) is 0 Å². The van der Waals surface area contributed by atoms with E-state index < -0.39 is 0 Å². The fourth-order valence-electron chi connectivity index (χ4n) is 0.0439. The Hall–Kier alpha value is 1.11. The van der Waals surface area contributed by atoms with Crippen molar-refractivity contribution in [1.29, 1.82) is 0 Å². The average Bonchev–Trinajstić information content (AvgIpc) is 1.69. The van der Waals surface area contributed by atoms with Gasteiger partial charge in [-0.2, -0.15) is 0 Å². The van der Waals surface area contributed by atoms with Crippen LogP contribution >= 0.6 is 24.4 Å². The molecule has 2 nitrogen and oxygen atoms in total. The summed E-state index contributed by atoms with van der Waals surface area (Å²) in [6, 6.07) is 0.